The lowest BCUT2D eigenvalue weighted by Gasteiger charge is -2.46. The van der Waals surface area contributed by atoms with Crippen molar-refractivity contribution in [3.8, 4) is 18.2 Å². The molecule has 0 saturated heterocycles. The summed E-state index contributed by atoms with van der Waals surface area (Å²) in [7, 11) is 0. The van der Waals surface area contributed by atoms with Gasteiger partial charge >= 0.3 is 0 Å². The van der Waals surface area contributed by atoms with Crippen LogP contribution in [0.2, 0.25) is 0 Å². The molecule has 67 heavy (non-hydrogen) atoms. The van der Waals surface area contributed by atoms with Crippen molar-refractivity contribution >= 4 is 39.8 Å². The van der Waals surface area contributed by atoms with Gasteiger partial charge in [0.05, 0.1) is 45.6 Å². The molecule has 0 saturated carbocycles. The molecule has 0 radical (unpaired) electrons. The Morgan fingerprint density at radius 1 is 0.448 bits per heavy atom. The third-order valence-electron chi connectivity index (χ3n) is 13.1. The van der Waals surface area contributed by atoms with Gasteiger partial charge in [0, 0.05) is 28.4 Å². The minimum absolute atomic E-state index is 0.283. The van der Waals surface area contributed by atoms with E-state index in [4.69, 9.17) is 0 Å². The highest BCUT2D eigenvalue weighted by molar-refractivity contribution is 5.90. The molecule has 0 aliphatic carbocycles. The highest BCUT2D eigenvalue weighted by Crippen LogP contribution is 2.58. The van der Waals surface area contributed by atoms with E-state index in [-0.39, 0.29) is 11.7 Å². The molecule has 2 atom stereocenters. The van der Waals surface area contributed by atoms with Crippen LogP contribution in [0.3, 0.4) is 0 Å². The zero-order valence-corrected chi connectivity index (χ0v) is 36.3. The van der Waals surface area contributed by atoms with Gasteiger partial charge in [0.2, 0.25) is 0 Å². The monoisotopic (exact) mass is 859 g/mol. The SMILES string of the molecule is N#Cc1cc2c(cc1C#N)C(c1ccc(N3c4ccccc4C(c4ccccc4)(c4ccc(N(c5ccccc5)c5ccccc5)cc4)c4ccccc43)cc1C#N)NC(c1ccccc1)N2. The highest BCUT2D eigenvalue weighted by atomic mass is 15.2. The van der Waals surface area contributed by atoms with Crippen LogP contribution in [0.5, 0.6) is 0 Å². The van der Waals surface area contributed by atoms with Crippen LogP contribution in [0.25, 0.3) is 0 Å². The lowest BCUT2D eigenvalue weighted by molar-refractivity contribution is 0.505. The van der Waals surface area contributed by atoms with Crippen molar-refractivity contribution in [1.82, 2.24) is 5.32 Å². The van der Waals surface area contributed by atoms with E-state index in [1.165, 1.54) is 0 Å². The Morgan fingerprint density at radius 3 is 1.52 bits per heavy atom. The number of fused-ring (bicyclic) bond motifs is 3. The van der Waals surface area contributed by atoms with Gasteiger partial charge in [-0.25, -0.2) is 0 Å². The van der Waals surface area contributed by atoms with Crippen molar-refractivity contribution in [2.75, 3.05) is 15.1 Å². The van der Waals surface area contributed by atoms with E-state index in [1.807, 2.05) is 54.6 Å². The smallest absolute Gasteiger partial charge is 0.104 e. The molecular weight excluding hydrogens is 819 g/mol. The largest absolute Gasteiger partial charge is 0.366 e. The van der Waals surface area contributed by atoms with Crippen LogP contribution in [0, 0.1) is 34.0 Å². The molecule has 7 nitrogen and oxygen atoms in total. The summed E-state index contributed by atoms with van der Waals surface area (Å²) >= 11 is 0. The maximum absolute atomic E-state index is 11.1. The maximum Gasteiger partial charge on any atom is 0.104 e. The summed E-state index contributed by atoms with van der Waals surface area (Å²) in [6.45, 7) is 0. The van der Waals surface area contributed by atoms with Gasteiger partial charge in [-0.3, -0.25) is 5.32 Å². The Balaban J connectivity index is 1.06. The lowest BCUT2D eigenvalue weighted by atomic mass is 9.62. The molecular formula is C60H41N7. The summed E-state index contributed by atoms with van der Waals surface area (Å²) in [4.78, 5) is 4.56. The first-order valence-corrected chi connectivity index (χ1v) is 22.3. The van der Waals surface area contributed by atoms with Crippen LogP contribution in [-0.4, -0.2) is 0 Å². The van der Waals surface area contributed by atoms with E-state index in [0.29, 0.717) is 11.1 Å². The summed E-state index contributed by atoms with van der Waals surface area (Å²) in [6, 6.07) is 84.0. The molecule has 316 valence electrons. The van der Waals surface area contributed by atoms with Crippen LogP contribution in [-0.2, 0) is 5.41 Å². The van der Waals surface area contributed by atoms with Gasteiger partial charge in [-0.15, -0.1) is 0 Å². The normalized spacial score (nSPS) is 15.3. The van der Waals surface area contributed by atoms with Crippen LogP contribution in [0.15, 0.2) is 224 Å². The van der Waals surface area contributed by atoms with Crippen molar-refractivity contribution < 1.29 is 0 Å². The maximum atomic E-state index is 11.1. The molecule has 2 heterocycles. The second-order valence-corrected chi connectivity index (χ2v) is 16.7. The fourth-order valence-electron chi connectivity index (χ4n) is 10.2. The van der Waals surface area contributed by atoms with Crippen LogP contribution < -0.4 is 20.4 Å². The third-order valence-corrected chi connectivity index (χ3v) is 13.1. The second kappa shape index (κ2) is 17.1. The molecule has 2 aliphatic heterocycles. The minimum Gasteiger partial charge on any atom is -0.366 e. The van der Waals surface area contributed by atoms with Gasteiger partial charge < -0.3 is 15.1 Å². The molecule has 2 N–H and O–H groups in total. The number of nitrogens with zero attached hydrogens (tertiary/aromatic N) is 5. The van der Waals surface area contributed by atoms with E-state index in [2.05, 4.69) is 196 Å². The summed E-state index contributed by atoms with van der Waals surface area (Å²) < 4.78 is 0. The molecule has 9 aromatic carbocycles. The minimum atomic E-state index is -0.721. The van der Waals surface area contributed by atoms with Crippen LogP contribution >= 0.6 is 0 Å². The van der Waals surface area contributed by atoms with Crippen molar-refractivity contribution in [2.45, 2.75) is 17.6 Å². The zero-order valence-electron chi connectivity index (χ0n) is 36.3. The third kappa shape index (κ3) is 6.85. The van der Waals surface area contributed by atoms with Crippen molar-refractivity contribution in [1.29, 1.82) is 15.8 Å². The van der Waals surface area contributed by atoms with E-state index in [9.17, 15) is 15.8 Å². The average molecular weight is 860 g/mol. The quantitative estimate of drug-likeness (QED) is 0.157. The molecule has 0 amide bonds. The summed E-state index contributed by atoms with van der Waals surface area (Å²) in [5.74, 6) is 0. The van der Waals surface area contributed by atoms with E-state index >= 15 is 0 Å². The van der Waals surface area contributed by atoms with Crippen molar-refractivity contribution in [3.05, 3.63) is 280 Å². The molecule has 0 fully saturated rings. The number of benzene rings is 9. The second-order valence-electron chi connectivity index (χ2n) is 16.7. The molecule has 11 rings (SSSR count). The molecule has 9 aromatic rings. The Labute approximate surface area is 390 Å². The highest BCUT2D eigenvalue weighted by Gasteiger charge is 2.46. The van der Waals surface area contributed by atoms with Crippen molar-refractivity contribution in [3.63, 3.8) is 0 Å². The first kappa shape index (κ1) is 40.6. The van der Waals surface area contributed by atoms with E-state index in [1.54, 1.807) is 12.1 Å². The van der Waals surface area contributed by atoms with Gasteiger partial charge in [-0.1, -0.05) is 152 Å². The fraction of sp³-hybridized carbons (Fsp3) is 0.0500. The Bertz CT molecular complexity index is 3320. The number of rotatable bonds is 8. The van der Waals surface area contributed by atoms with E-state index in [0.717, 1.165) is 78.8 Å². The Morgan fingerprint density at radius 2 is 0.940 bits per heavy atom. The average Bonchev–Trinajstić information content (AvgIpc) is 3.40. The number of anilines is 7. The van der Waals surface area contributed by atoms with Gasteiger partial charge in [-0.05, 0) is 112 Å². The molecule has 7 heteroatoms. The number of para-hydroxylation sites is 4. The molecule has 0 aromatic heterocycles. The van der Waals surface area contributed by atoms with E-state index < -0.39 is 11.5 Å². The van der Waals surface area contributed by atoms with Gasteiger partial charge in [0.25, 0.3) is 0 Å². The number of hydrogen-bond donors (Lipinski definition) is 2. The Kier molecular flexibility index (Phi) is 10.3. The van der Waals surface area contributed by atoms with Gasteiger partial charge in [0.1, 0.15) is 18.3 Å². The number of nitriles is 3. The summed E-state index contributed by atoms with van der Waals surface area (Å²) in [5, 5.41) is 38.4. The van der Waals surface area contributed by atoms with Crippen molar-refractivity contribution in [2.24, 2.45) is 0 Å². The molecule has 0 bridgehead atoms. The first-order chi connectivity index (χ1) is 33.1. The molecule has 2 unspecified atom stereocenters. The predicted molar refractivity (Wildman–Crippen MR) is 266 cm³/mol. The standard InChI is InChI=1S/C60H41N7/c61-38-42-36-52-55(37-43(42)39-62)64-59(41-17-5-1-6-18-41)65-58(52)51-34-33-50(35-44(51)40-63)67-56-27-15-13-25-53(56)60(45-19-7-2-8-20-45,54-26-14-16-28-57(54)67)46-29-31-49(32-30-46)66(47-21-9-3-10-22-47)48-23-11-4-12-24-48/h1-37,58-59,64-65H. The topological polar surface area (TPSA) is 102 Å². The zero-order chi connectivity index (χ0) is 45.3. The summed E-state index contributed by atoms with van der Waals surface area (Å²) in [6.07, 6.45) is -0.329. The van der Waals surface area contributed by atoms with Crippen LogP contribution in [0.1, 0.15) is 67.8 Å². The number of hydrogen-bond acceptors (Lipinski definition) is 7. The first-order valence-electron chi connectivity index (χ1n) is 22.3. The van der Waals surface area contributed by atoms with Gasteiger partial charge in [-0.2, -0.15) is 15.8 Å². The predicted octanol–water partition coefficient (Wildman–Crippen LogP) is 13.7. The fourth-order valence-corrected chi connectivity index (χ4v) is 10.2. The Hall–Kier alpha value is -9.19. The molecule has 0 spiro atoms. The van der Waals surface area contributed by atoms with Gasteiger partial charge in [0.15, 0.2) is 0 Å². The lowest BCUT2D eigenvalue weighted by Crippen LogP contribution is -2.38. The molecule has 2 aliphatic rings. The summed E-state index contributed by atoms with van der Waals surface area (Å²) in [5.41, 5.74) is 14.1. The van der Waals surface area contributed by atoms with Crippen LogP contribution in [0.4, 0.5) is 39.8 Å². The number of nitrogens with one attached hydrogen (secondary N) is 2.